The van der Waals surface area contributed by atoms with Crippen LogP contribution in [0.5, 0.6) is 0 Å². The first-order valence-electron chi connectivity index (χ1n) is 10.4. The Balaban J connectivity index is 1.61. The number of aryl methyl sites for hydroxylation is 2. The second kappa shape index (κ2) is 9.55. The standard InChI is InChI=1S/C19H33N5O4S/c1-4-22-14-18(15(2)21-22)19(25)20-8-10-24(16-6-11-28-12-7-16)17-5-9-23(13-17)29(3,26)27/h14,16-17H,4-13H2,1-3H3,(H,20,25). The van der Waals surface area contributed by atoms with E-state index in [1.54, 1.807) is 15.2 Å². The molecule has 3 rings (SSSR count). The monoisotopic (exact) mass is 427 g/mol. The van der Waals surface area contributed by atoms with E-state index in [1.165, 1.54) is 6.26 Å². The molecule has 9 nitrogen and oxygen atoms in total. The SMILES string of the molecule is CCn1cc(C(=O)NCCN(C2CCOCC2)C2CCN(S(C)(=O)=O)C2)c(C)n1. The highest BCUT2D eigenvalue weighted by Gasteiger charge is 2.35. The number of sulfonamides is 1. The Morgan fingerprint density at radius 2 is 2.03 bits per heavy atom. The summed E-state index contributed by atoms with van der Waals surface area (Å²) in [5.74, 6) is -0.113. The Hall–Kier alpha value is -1.49. The summed E-state index contributed by atoms with van der Waals surface area (Å²) in [6.07, 6.45) is 5.74. The van der Waals surface area contributed by atoms with Crippen LogP contribution in [0.4, 0.5) is 0 Å². The van der Waals surface area contributed by atoms with Gasteiger partial charge in [0.1, 0.15) is 0 Å². The maximum atomic E-state index is 12.6. The number of carbonyl (C=O) groups is 1. The Labute approximate surface area is 173 Å². The molecule has 0 saturated carbocycles. The van der Waals surface area contributed by atoms with Crippen LogP contribution < -0.4 is 5.32 Å². The zero-order valence-electron chi connectivity index (χ0n) is 17.6. The summed E-state index contributed by atoms with van der Waals surface area (Å²) in [5.41, 5.74) is 1.33. The van der Waals surface area contributed by atoms with Gasteiger partial charge in [-0.2, -0.15) is 5.10 Å². The van der Waals surface area contributed by atoms with Gasteiger partial charge in [0.15, 0.2) is 0 Å². The third-order valence-corrected chi connectivity index (χ3v) is 7.16. The Bertz CT molecular complexity index is 804. The van der Waals surface area contributed by atoms with Gasteiger partial charge in [-0.3, -0.25) is 14.4 Å². The lowest BCUT2D eigenvalue weighted by molar-refractivity contribution is 0.0194. The van der Waals surface area contributed by atoms with Gasteiger partial charge in [-0.25, -0.2) is 12.7 Å². The molecule has 0 aromatic carbocycles. The van der Waals surface area contributed by atoms with E-state index in [2.05, 4.69) is 15.3 Å². The van der Waals surface area contributed by atoms with Crippen molar-refractivity contribution in [3.8, 4) is 0 Å². The maximum absolute atomic E-state index is 12.6. The summed E-state index contributed by atoms with van der Waals surface area (Å²) in [4.78, 5) is 15.0. The lowest BCUT2D eigenvalue weighted by atomic mass is 10.0. The molecule has 3 heterocycles. The lowest BCUT2D eigenvalue weighted by Gasteiger charge is -2.38. The predicted octanol–water partition coefficient (Wildman–Crippen LogP) is 0.456. The Kier molecular flexibility index (Phi) is 7.31. The minimum absolute atomic E-state index is 0.113. The quantitative estimate of drug-likeness (QED) is 0.647. The van der Waals surface area contributed by atoms with Gasteiger partial charge in [0, 0.05) is 64.2 Å². The molecule has 0 radical (unpaired) electrons. The number of nitrogens with zero attached hydrogens (tertiary/aromatic N) is 4. The van der Waals surface area contributed by atoms with Crippen molar-refractivity contribution in [1.29, 1.82) is 0 Å². The molecule has 2 fully saturated rings. The summed E-state index contributed by atoms with van der Waals surface area (Å²) < 4.78 is 32.7. The van der Waals surface area contributed by atoms with Gasteiger partial charge in [0.05, 0.1) is 17.5 Å². The van der Waals surface area contributed by atoms with Crippen LogP contribution in [-0.4, -0.2) is 91.0 Å². The third kappa shape index (κ3) is 5.56. The van der Waals surface area contributed by atoms with Crippen LogP contribution in [0.3, 0.4) is 0 Å². The molecule has 0 aliphatic carbocycles. The highest BCUT2D eigenvalue weighted by Crippen LogP contribution is 2.24. The minimum atomic E-state index is -3.17. The first kappa shape index (κ1) is 22.2. The van der Waals surface area contributed by atoms with Crippen molar-refractivity contribution < 1.29 is 17.9 Å². The largest absolute Gasteiger partial charge is 0.381 e. The normalized spacial score (nSPS) is 21.7. The van der Waals surface area contributed by atoms with Crippen LogP contribution in [0.1, 0.15) is 42.2 Å². The number of nitrogens with one attached hydrogen (secondary N) is 1. The maximum Gasteiger partial charge on any atom is 0.254 e. The summed E-state index contributed by atoms with van der Waals surface area (Å²) in [7, 11) is -3.17. The number of ether oxygens (including phenoxy) is 1. The van der Waals surface area contributed by atoms with Crippen LogP contribution in [-0.2, 0) is 21.3 Å². The number of rotatable bonds is 8. The van der Waals surface area contributed by atoms with Gasteiger partial charge in [0.2, 0.25) is 10.0 Å². The molecule has 10 heteroatoms. The van der Waals surface area contributed by atoms with Crippen LogP contribution >= 0.6 is 0 Å². The first-order valence-corrected chi connectivity index (χ1v) is 12.2. The molecule has 0 bridgehead atoms. The molecule has 1 amide bonds. The molecule has 1 N–H and O–H groups in total. The number of amides is 1. The van der Waals surface area contributed by atoms with E-state index in [-0.39, 0.29) is 11.9 Å². The van der Waals surface area contributed by atoms with Gasteiger partial charge >= 0.3 is 0 Å². The van der Waals surface area contributed by atoms with Crippen molar-refractivity contribution in [2.45, 2.75) is 51.7 Å². The van der Waals surface area contributed by atoms with E-state index in [4.69, 9.17) is 4.74 Å². The molecule has 2 saturated heterocycles. The van der Waals surface area contributed by atoms with E-state index in [0.29, 0.717) is 37.8 Å². The summed E-state index contributed by atoms with van der Waals surface area (Å²) in [5, 5.41) is 7.34. The van der Waals surface area contributed by atoms with Gasteiger partial charge < -0.3 is 10.1 Å². The smallest absolute Gasteiger partial charge is 0.254 e. The summed E-state index contributed by atoms with van der Waals surface area (Å²) in [6.45, 7) is 8.30. The van der Waals surface area contributed by atoms with Crippen LogP contribution in [0.25, 0.3) is 0 Å². The zero-order valence-corrected chi connectivity index (χ0v) is 18.4. The highest BCUT2D eigenvalue weighted by atomic mass is 32.2. The molecule has 0 spiro atoms. The van der Waals surface area contributed by atoms with Gasteiger partial charge in [0.25, 0.3) is 5.91 Å². The fraction of sp³-hybridized carbons (Fsp3) is 0.789. The number of carbonyl (C=O) groups excluding carboxylic acids is 1. The number of hydrogen-bond acceptors (Lipinski definition) is 6. The molecular weight excluding hydrogens is 394 g/mol. The van der Waals surface area contributed by atoms with Crippen molar-refractivity contribution in [2.75, 3.05) is 45.6 Å². The molecule has 2 aliphatic rings. The van der Waals surface area contributed by atoms with E-state index in [9.17, 15) is 13.2 Å². The molecule has 1 atom stereocenters. The van der Waals surface area contributed by atoms with Crippen LogP contribution in [0.2, 0.25) is 0 Å². The highest BCUT2D eigenvalue weighted by molar-refractivity contribution is 7.88. The second-order valence-corrected chi connectivity index (χ2v) is 9.87. The summed E-state index contributed by atoms with van der Waals surface area (Å²) >= 11 is 0. The van der Waals surface area contributed by atoms with Gasteiger partial charge in [-0.1, -0.05) is 0 Å². The van der Waals surface area contributed by atoms with Gasteiger partial charge in [-0.05, 0) is 33.1 Å². The Morgan fingerprint density at radius 3 is 2.62 bits per heavy atom. The molecule has 29 heavy (non-hydrogen) atoms. The minimum Gasteiger partial charge on any atom is -0.381 e. The fourth-order valence-corrected chi connectivity index (χ4v) is 5.14. The Morgan fingerprint density at radius 1 is 1.31 bits per heavy atom. The molecule has 164 valence electrons. The van der Waals surface area contributed by atoms with Crippen LogP contribution in [0, 0.1) is 6.92 Å². The molecule has 1 unspecified atom stereocenters. The fourth-order valence-electron chi connectivity index (χ4n) is 4.26. The van der Waals surface area contributed by atoms with Crippen molar-refractivity contribution in [2.24, 2.45) is 0 Å². The predicted molar refractivity (Wildman–Crippen MR) is 110 cm³/mol. The second-order valence-electron chi connectivity index (χ2n) is 7.88. The van der Waals surface area contributed by atoms with E-state index in [0.717, 1.165) is 44.7 Å². The summed E-state index contributed by atoms with van der Waals surface area (Å²) in [6, 6.07) is 0.532. The molecule has 2 aliphatic heterocycles. The van der Waals surface area contributed by atoms with E-state index < -0.39 is 10.0 Å². The van der Waals surface area contributed by atoms with Crippen molar-refractivity contribution in [1.82, 2.24) is 24.3 Å². The zero-order chi connectivity index (χ0) is 21.0. The topological polar surface area (TPSA) is 96.8 Å². The van der Waals surface area contributed by atoms with Crippen molar-refractivity contribution in [3.05, 3.63) is 17.5 Å². The average molecular weight is 428 g/mol. The molecule has 1 aromatic heterocycles. The first-order chi connectivity index (χ1) is 13.8. The average Bonchev–Trinajstić information content (AvgIpc) is 3.32. The number of hydrogen-bond donors (Lipinski definition) is 1. The molecular formula is C19H33N5O4S. The van der Waals surface area contributed by atoms with Crippen molar-refractivity contribution >= 4 is 15.9 Å². The third-order valence-electron chi connectivity index (χ3n) is 5.89. The van der Waals surface area contributed by atoms with Crippen LogP contribution in [0.15, 0.2) is 6.20 Å². The molecule has 1 aromatic rings. The van der Waals surface area contributed by atoms with Crippen molar-refractivity contribution in [3.63, 3.8) is 0 Å². The number of aromatic nitrogens is 2. The van der Waals surface area contributed by atoms with E-state index in [1.807, 2.05) is 13.8 Å². The van der Waals surface area contributed by atoms with E-state index >= 15 is 0 Å². The lowest BCUT2D eigenvalue weighted by Crippen LogP contribution is -2.50. The van der Waals surface area contributed by atoms with Gasteiger partial charge in [-0.15, -0.1) is 0 Å².